The number of fused-ring (bicyclic) bond motifs is 2. The van der Waals surface area contributed by atoms with Gasteiger partial charge in [-0.3, -0.25) is 4.79 Å². The molecule has 1 aliphatic rings. The minimum Gasteiger partial charge on any atom is -0.481 e. The maximum absolute atomic E-state index is 11.9. The number of ether oxygens (including phenoxy) is 1. The first kappa shape index (κ1) is 17.6. The van der Waals surface area contributed by atoms with Gasteiger partial charge >= 0.3 is 5.97 Å². The van der Waals surface area contributed by atoms with E-state index in [9.17, 15) is 9.90 Å². The molecule has 0 aliphatic carbocycles. The summed E-state index contributed by atoms with van der Waals surface area (Å²) in [6, 6.07) is 12.7. The van der Waals surface area contributed by atoms with E-state index in [1.165, 1.54) is 0 Å². The van der Waals surface area contributed by atoms with Crippen molar-refractivity contribution in [1.82, 2.24) is 5.32 Å². The van der Waals surface area contributed by atoms with Gasteiger partial charge in [0.1, 0.15) is 11.5 Å². The van der Waals surface area contributed by atoms with Crippen LogP contribution in [0.1, 0.15) is 23.0 Å². The molecule has 0 amide bonds. The fourth-order valence-corrected chi connectivity index (χ4v) is 3.18. The topological polar surface area (TPSA) is 58.6 Å². The summed E-state index contributed by atoms with van der Waals surface area (Å²) in [4.78, 5) is 11.9. The van der Waals surface area contributed by atoms with Crippen molar-refractivity contribution in [3.63, 3.8) is 0 Å². The van der Waals surface area contributed by atoms with E-state index in [0.717, 1.165) is 5.56 Å². The van der Waals surface area contributed by atoms with Gasteiger partial charge in [0.25, 0.3) is 0 Å². The molecule has 23 heavy (non-hydrogen) atoms. The van der Waals surface area contributed by atoms with Crippen molar-refractivity contribution in [3.05, 3.63) is 58.6 Å². The summed E-state index contributed by atoms with van der Waals surface area (Å²) in [6.45, 7) is 0.531. The lowest BCUT2D eigenvalue weighted by Gasteiger charge is -2.23. The smallest absolute Gasteiger partial charge is 0.311 e. The van der Waals surface area contributed by atoms with Crippen LogP contribution >= 0.6 is 24.0 Å². The number of likely N-dealkylation sites (N-methyl/N-ethyl adjacent to an activating group) is 1. The molecule has 1 heterocycles. The molecule has 2 aromatic rings. The number of hydrogen-bond acceptors (Lipinski definition) is 3. The number of hydrogen-bond donors (Lipinski definition) is 2. The SMILES string of the molecule is CNCC1c2ccccc2Oc2ccc(Cl)cc2C1C(=O)O.Cl. The zero-order valence-electron chi connectivity index (χ0n) is 12.5. The van der Waals surface area contributed by atoms with Crippen LogP contribution in [0, 0.1) is 0 Å². The zero-order valence-corrected chi connectivity index (χ0v) is 14.0. The van der Waals surface area contributed by atoms with Crippen LogP contribution in [0.4, 0.5) is 0 Å². The van der Waals surface area contributed by atoms with Crippen molar-refractivity contribution in [1.29, 1.82) is 0 Å². The first-order valence-corrected chi connectivity index (χ1v) is 7.43. The highest BCUT2D eigenvalue weighted by molar-refractivity contribution is 6.30. The van der Waals surface area contributed by atoms with Gasteiger partial charge in [0, 0.05) is 28.6 Å². The zero-order chi connectivity index (χ0) is 15.7. The maximum Gasteiger partial charge on any atom is 0.311 e. The standard InChI is InChI=1S/C17H16ClNO3.ClH/c1-19-9-13-11-4-2-3-5-14(11)22-15-7-6-10(18)8-12(15)16(13)17(20)21;/h2-8,13,16,19H,9H2,1H3,(H,20,21);1H. The van der Waals surface area contributed by atoms with Crippen molar-refractivity contribution in [2.45, 2.75) is 11.8 Å². The minimum atomic E-state index is -0.885. The molecular formula is C17H17Cl2NO3. The molecule has 2 unspecified atom stereocenters. The van der Waals surface area contributed by atoms with Gasteiger partial charge in [0.2, 0.25) is 0 Å². The second-order valence-corrected chi connectivity index (χ2v) is 5.74. The van der Waals surface area contributed by atoms with Gasteiger partial charge in [-0.2, -0.15) is 0 Å². The van der Waals surface area contributed by atoms with Crippen molar-refractivity contribution >= 4 is 30.0 Å². The Morgan fingerprint density at radius 3 is 2.61 bits per heavy atom. The maximum atomic E-state index is 11.9. The Bertz CT molecular complexity index is 721. The van der Waals surface area contributed by atoms with Crippen LogP contribution in [0.15, 0.2) is 42.5 Å². The van der Waals surface area contributed by atoms with Crippen LogP contribution in [0.2, 0.25) is 5.02 Å². The second-order valence-electron chi connectivity index (χ2n) is 5.30. The van der Waals surface area contributed by atoms with E-state index in [-0.39, 0.29) is 18.3 Å². The predicted molar refractivity (Wildman–Crippen MR) is 92.3 cm³/mol. The number of carbonyl (C=O) groups is 1. The number of carboxylic acid groups (broad SMARTS) is 1. The number of rotatable bonds is 3. The summed E-state index contributed by atoms with van der Waals surface area (Å²) < 4.78 is 5.96. The number of aliphatic carboxylic acids is 1. The van der Waals surface area contributed by atoms with E-state index in [1.54, 1.807) is 18.2 Å². The molecule has 2 aromatic carbocycles. The molecule has 122 valence electrons. The molecule has 0 radical (unpaired) electrons. The van der Waals surface area contributed by atoms with Gasteiger partial charge in [0.15, 0.2) is 0 Å². The number of nitrogens with one attached hydrogen (secondary N) is 1. The van der Waals surface area contributed by atoms with Gasteiger partial charge in [-0.1, -0.05) is 29.8 Å². The summed E-state index contributed by atoms with van der Waals surface area (Å²) in [6.07, 6.45) is 0. The molecule has 2 atom stereocenters. The van der Waals surface area contributed by atoms with E-state index < -0.39 is 11.9 Å². The molecule has 0 saturated heterocycles. The van der Waals surface area contributed by atoms with Crippen molar-refractivity contribution in [2.75, 3.05) is 13.6 Å². The van der Waals surface area contributed by atoms with Gasteiger partial charge in [0.05, 0.1) is 5.92 Å². The molecule has 0 bridgehead atoms. The van der Waals surface area contributed by atoms with Crippen LogP contribution in [-0.4, -0.2) is 24.7 Å². The average molecular weight is 354 g/mol. The third kappa shape index (κ3) is 3.29. The van der Waals surface area contributed by atoms with E-state index in [2.05, 4.69) is 5.32 Å². The van der Waals surface area contributed by atoms with Crippen LogP contribution in [0.3, 0.4) is 0 Å². The van der Waals surface area contributed by atoms with Gasteiger partial charge in [-0.05, 0) is 31.3 Å². The molecule has 0 spiro atoms. The normalized spacial score (nSPS) is 18.7. The first-order valence-electron chi connectivity index (χ1n) is 7.05. The molecule has 6 heteroatoms. The quantitative estimate of drug-likeness (QED) is 0.874. The molecule has 4 nitrogen and oxygen atoms in total. The highest BCUT2D eigenvalue weighted by Gasteiger charge is 2.37. The summed E-state index contributed by atoms with van der Waals surface area (Å²) in [5.74, 6) is -0.606. The van der Waals surface area contributed by atoms with E-state index >= 15 is 0 Å². The van der Waals surface area contributed by atoms with Crippen LogP contribution in [0.5, 0.6) is 11.5 Å². The molecular weight excluding hydrogens is 337 g/mol. The summed E-state index contributed by atoms with van der Waals surface area (Å²) in [5.41, 5.74) is 1.49. The number of carboxylic acids is 1. The van der Waals surface area contributed by atoms with E-state index in [1.807, 2.05) is 31.3 Å². The molecule has 0 fully saturated rings. The Labute approximate surface area is 145 Å². The monoisotopic (exact) mass is 353 g/mol. The van der Waals surface area contributed by atoms with Crippen LogP contribution in [-0.2, 0) is 4.79 Å². The highest BCUT2D eigenvalue weighted by atomic mass is 35.5. The van der Waals surface area contributed by atoms with Crippen molar-refractivity contribution < 1.29 is 14.6 Å². The first-order chi connectivity index (χ1) is 10.6. The van der Waals surface area contributed by atoms with Crippen molar-refractivity contribution in [3.8, 4) is 11.5 Å². The second kappa shape index (κ2) is 7.21. The molecule has 0 saturated carbocycles. The van der Waals surface area contributed by atoms with E-state index in [4.69, 9.17) is 16.3 Å². The fraction of sp³-hybridized carbons (Fsp3) is 0.235. The third-order valence-corrected chi connectivity index (χ3v) is 4.17. The summed E-state index contributed by atoms with van der Waals surface area (Å²) in [7, 11) is 1.81. The molecule has 0 aromatic heterocycles. The molecule has 1 aliphatic heterocycles. The largest absolute Gasteiger partial charge is 0.481 e. The number of para-hydroxylation sites is 1. The summed E-state index contributed by atoms with van der Waals surface area (Å²) >= 11 is 6.07. The van der Waals surface area contributed by atoms with E-state index in [0.29, 0.717) is 28.6 Å². The molecule has 3 rings (SSSR count). The Hall–Kier alpha value is -1.75. The van der Waals surface area contributed by atoms with Gasteiger partial charge in [-0.15, -0.1) is 12.4 Å². The number of benzene rings is 2. The highest BCUT2D eigenvalue weighted by Crippen LogP contribution is 2.46. The predicted octanol–water partition coefficient (Wildman–Crippen LogP) is 4.04. The Kier molecular flexibility index (Phi) is 5.52. The van der Waals surface area contributed by atoms with Crippen molar-refractivity contribution in [2.24, 2.45) is 0 Å². The number of halogens is 2. The Balaban J connectivity index is 0.00000192. The lowest BCUT2D eigenvalue weighted by Crippen LogP contribution is -2.27. The lowest BCUT2D eigenvalue weighted by atomic mass is 9.81. The Morgan fingerprint density at radius 2 is 1.91 bits per heavy atom. The summed E-state index contributed by atoms with van der Waals surface area (Å²) in [5, 5.41) is 13.4. The average Bonchev–Trinajstić information content (AvgIpc) is 2.62. The minimum absolute atomic E-state index is 0. The fourth-order valence-electron chi connectivity index (χ4n) is 3.00. The van der Waals surface area contributed by atoms with Crippen LogP contribution in [0.25, 0.3) is 0 Å². The van der Waals surface area contributed by atoms with Gasteiger partial charge < -0.3 is 15.2 Å². The lowest BCUT2D eigenvalue weighted by molar-refractivity contribution is -0.139. The third-order valence-electron chi connectivity index (χ3n) is 3.94. The molecule has 2 N–H and O–H groups in total. The Morgan fingerprint density at radius 1 is 1.22 bits per heavy atom. The van der Waals surface area contributed by atoms with Gasteiger partial charge in [-0.25, -0.2) is 0 Å². The van der Waals surface area contributed by atoms with Crippen LogP contribution < -0.4 is 10.1 Å².